The van der Waals surface area contributed by atoms with Gasteiger partial charge in [0.15, 0.2) is 0 Å². The summed E-state index contributed by atoms with van der Waals surface area (Å²) >= 11 is 0. The Balaban J connectivity index is 1.30. The van der Waals surface area contributed by atoms with E-state index in [-0.39, 0.29) is 35.3 Å². The third-order valence-electron chi connectivity index (χ3n) is 8.74. The SMILES string of the molecule is [2H]c1c([2H])c(-c2cccc3c2oc2cc(-c4ccccc4)ccc23)c([2H])c([2H])c1-c1c2ccccc2c(-c2ccccc2)c2ccccc12. The molecule has 0 unspecified atom stereocenters. The minimum Gasteiger partial charge on any atom is -0.455 e. The first-order chi connectivity index (χ1) is 24.0. The van der Waals surface area contributed by atoms with E-state index < -0.39 is 0 Å². The van der Waals surface area contributed by atoms with Crippen molar-refractivity contribution in [1.82, 2.24) is 0 Å². The van der Waals surface area contributed by atoms with E-state index in [0.717, 1.165) is 54.6 Å². The Hall–Kier alpha value is -5.92. The van der Waals surface area contributed by atoms with E-state index in [1.807, 2.05) is 103 Å². The molecule has 0 N–H and O–H groups in total. The van der Waals surface area contributed by atoms with E-state index in [1.54, 1.807) is 0 Å². The van der Waals surface area contributed by atoms with E-state index in [0.29, 0.717) is 22.3 Å². The highest BCUT2D eigenvalue weighted by molar-refractivity contribution is 6.21. The third kappa shape index (κ3) is 4.17. The molecule has 0 aliphatic heterocycles. The Bertz CT molecular complexity index is 2660. The second-order valence-corrected chi connectivity index (χ2v) is 11.3. The molecular formula is C44H28O. The van der Waals surface area contributed by atoms with Crippen LogP contribution in [0.3, 0.4) is 0 Å². The van der Waals surface area contributed by atoms with Crippen LogP contribution in [0.15, 0.2) is 174 Å². The molecule has 0 saturated carbocycles. The fraction of sp³-hybridized carbons (Fsp3) is 0. The zero-order valence-electron chi connectivity index (χ0n) is 28.3. The molecule has 0 radical (unpaired) electrons. The van der Waals surface area contributed by atoms with Crippen molar-refractivity contribution in [3.63, 3.8) is 0 Å². The number of benzene rings is 8. The van der Waals surface area contributed by atoms with Crippen LogP contribution in [-0.4, -0.2) is 0 Å². The van der Waals surface area contributed by atoms with E-state index in [2.05, 4.69) is 42.5 Å². The van der Waals surface area contributed by atoms with Gasteiger partial charge in [0.05, 0.1) is 5.48 Å². The molecule has 0 saturated heterocycles. The Morgan fingerprint density at radius 2 is 0.867 bits per heavy atom. The molecule has 45 heavy (non-hydrogen) atoms. The normalized spacial score (nSPS) is 12.8. The van der Waals surface area contributed by atoms with Gasteiger partial charge < -0.3 is 4.42 Å². The topological polar surface area (TPSA) is 13.1 Å². The fourth-order valence-electron chi connectivity index (χ4n) is 6.69. The summed E-state index contributed by atoms with van der Waals surface area (Å²) in [5.41, 5.74) is 7.25. The molecule has 8 aromatic carbocycles. The second-order valence-electron chi connectivity index (χ2n) is 11.3. The van der Waals surface area contributed by atoms with Crippen LogP contribution in [0.1, 0.15) is 5.48 Å². The lowest BCUT2D eigenvalue weighted by Gasteiger charge is -2.18. The monoisotopic (exact) mass is 576 g/mol. The predicted octanol–water partition coefficient (Wildman–Crippen LogP) is 12.6. The average molecular weight is 577 g/mol. The Kier molecular flexibility index (Phi) is 5.00. The maximum Gasteiger partial charge on any atom is 0.143 e. The smallest absolute Gasteiger partial charge is 0.143 e. The van der Waals surface area contributed by atoms with Crippen LogP contribution in [0, 0.1) is 0 Å². The Morgan fingerprint density at radius 3 is 1.49 bits per heavy atom. The number of rotatable bonds is 4. The molecule has 1 heterocycles. The van der Waals surface area contributed by atoms with E-state index in [9.17, 15) is 5.48 Å². The molecule has 0 bridgehead atoms. The van der Waals surface area contributed by atoms with E-state index in [1.165, 1.54) is 0 Å². The number of hydrogen-bond acceptors (Lipinski definition) is 1. The van der Waals surface area contributed by atoms with Gasteiger partial charge in [-0.15, -0.1) is 0 Å². The molecule has 0 amide bonds. The molecule has 0 atom stereocenters. The molecule has 1 heteroatoms. The molecule has 0 aliphatic carbocycles. The highest BCUT2D eigenvalue weighted by Crippen LogP contribution is 2.44. The van der Waals surface area contributed by atoms with Gasteiger partial charge in [0.25, 0.3) is 0 Å². The van der Waals surface area contributed by atoms with E-state index >= 15 is 0 Å². The highest BCUT2D eigenvalue weighted by Gasteiger charge is 2.17. The van der Waals surface area contributed by atoms with Gasteiger partial charge in [-0.2, -0.15) is 0 Å². The predicted molar refractivity (Wildman–Crippen MR) is 190 cm³/mol. The van der Waals surface area contributed by atoms with Crippen LogP contribution in [0.4, 0.5) is 0 Å². The minimum atomic E-state index is -0.103. The van der Waals surface area contributed by atoms with Gasteiger partial charge >= 0.3 is 0 Å². The van der Waals surface area contributed by atoms with Crippen molar-refractivity contribution >= 4 is 43.5 Å². The lowest BCUT2D eigenvalue weighted by molar-refractivity contribution is 0.670. The maximum atomic E-state index is 9.45. The number of para-hydroxylation sites is 1. The van der Waals surface area contributed by atoms with Gasteiger partial charge in [-0.05, 0) is 72.6 Å². The zero-order chi connectivity index (χ0) is 33.2. The highest BCUT2D eigenvalue weighted by atomic mass is 16.3. The average Bonchev–Trinajstić information content (AvgIpc) is 3.53. The van der Waals surface area contributed by atoms with Crippen molar-refractivity contribution in [2.24, 2.45) is 0 Å². The fourth-order valence-corrected chi connectivity index (χ4v) is 6.69. The van der Waals surface area contributed by atoms with Crippen molar-refractivity contribution in [3.8, 4) is 44.5 Å². The lowest BCUT2D eigenvalue weighted by atomic mass is 9.85. The molecule has 9 aromatic rings. The summed E-state index contributed by atoms with van der Waals surface area (Å²) in [5, 5.41) is 5.53. The minimum absolute atomic E-state index is 0.0850. The summed E-state index contributed by atoms with van der Waals surface area (Å²) in [4.78, 5) is 0. The zero-order valence-corrected chi connectivity index (χ0v) is 24.3. The summed E-state index contributed by atoms with van der Waals surface area (Å²) < 4.78 is 44.1. The Morgan fingerprint density at radius 1 is 0.356 bits per heavy atom. The van der Waals surface area contributed by atoms with Crippen molar-refractivity contribution in [2.45, 2.75) is 0 Å². The molecule has 0 aliphatic rings. The summed E-state index contributed by atoms with van der Waals surface area (Å²) in [6.45, 7) is 0. The molecule has 210 valence electrons. The van der Waals surface area contributed by atoms with Crippen molar-refractivity contribution in [3.05, 3.63) is 170 Å². The third-order valence-corrected chi connectivity index (χ3v) is 8.74. The van der Waals surface area contributed by atoms with Gasteiger partial charge in [-0.3, -0.25) is 0 Å². The maximum absolute atomic E-state index is 9.45. The van der Waals surface area contributed by atoms with Gasteiger partial charge in [0.2, 0.25) is 0 Å². The van der Waals surface area contributed by atoms with Crippen molar-refractivity contribution in [2.75, 3.05) is 0 Å². The lowest BCUT2D eigenvalue weighted by Crippen LogP contribution is -1.90. The van der Waals surface area contributed by atoms with Gasteiger partial charge in [0.1, 0.15) is 11.2 Å². The van der Waals surface area contributed by atoms with E-state index in [4.69, 9.17) is 4.42 Å². The van der Waals surface area contributed by atoms with Crippen molar-refractivity contribution in [1.29, 1.82) is 0 Å². The van der Waals surface area contributed by atoms with Gasteiger partial charge in [0, 0.05) is 16.3 Å². The van der Waals surface area contributed by atoms with Crippen LogP contribution in [0.5, 0.6) is 0 Å². The number of furan rings is 1. The van der Waals surface area contributed by atoms with Gasteiger partial charge in [-0.25, -0.2) is 0 Å². The van der Waals surface area contributed by atoms with Crippen LogP contribution < -0.4 is 0 Å². The van der Waals surface area contributed by atoms with Crippen LogP contribution >= 0.6 is 0 Å². The summed E-state index contributed by atoms with van der Waals surface area (Å²) in [5.74, 6) is 0. The molecule has 0 fully saturated rings. The molecule has 1 nitrogen and oxygen atoms in total. The largest absolute Gasteiger partial charge is 0.455 e. The second kappa shape index (κ2) is 10.4. The molecular weight excluding hydrogens is 544 g/mol. The number of hydrogen-bond donors (Lipinski definition) is 0. The quantitative estimate of drug-likeness (QED) is 0.190. The molecule has 1 aromatic heterocycles. The summed E-state index contributed by atoms with van der Waals surface area (Å²) in [6, 6.07) is 47.9. The molecule has 9 rings (SSSR count). The van der Waals surface area contributed by atoms with Crippen molar-refractivity contribution < 1.29 is 9.90 Å². The van der Waals surface area contributed by atoms with Crippen LogP contribution in [0.2, 0.25) is 0 Å². The summed E-state index contributed by atoms with van der Waals surface area (Å²) in [7, 11) is 0. The first-order valence-electron chi connectivity index (χ1n) is 17.1. The van der Waals surface area contributed by atoms with Gasteiger partial charge in [-0.1, -0.05) is 158 Å². The standard InChI is InChI=1S/C44H28O/c1-3-12-29(13-4-1)33-26-27-35-40-21-11-20-34(44(40)45-41(35)28-33)30-22-24-32(25-23-30)43-38-18-9-7-16-36(38)42(31-14-5-2-6-15-31)37-17-8-10-19-39(37)43/h1-28H/i22D,23D,24D,25D. The molecule has 0 spiro atoms. The summed E-state index contributed by atoms with van der Waals surface area (Å²) in [6.07, 6.45) is 0. The first kappa shape index (κ1) is 21.7. The van der Waals surface area contributed by atoms with Crippen LogP contribution in [0.25, 0.3) is 88.0 Å². The van der Waals surface area contributed by atoms with Crippen LogP contribution in [-0.2, 0) is 0 Å². The first-order valence-corrected chi connectivity index (χ1v) is 15.1. The number of fused-ring (bicyclic) bond motifs is 5. The Labute approximate surface area is 267 Å².